The molecule has 12 heavy (non-hydrogen) atoms. The molecule has 0 rings (SSSR count). The van der Waals surface area contributed by atoms with Crippen LogP contribution in [-0.4, -0.2) is 32.2 Å². The number of rotatable bonds is 5. The van der Waals surface area contributed by atoms with Crippen LogP contribution in [0, 0.1) is 12.5 Å². The minimum atomic E-state index is -2.40. The number of carboxylic acids is 1. The highest BCUT2D eigenvalue weighted by molar-refractivity contribution is 5.69. The first-order valence-electron chi connectivity index (χ1n) is 3.59. The van der Waals surface area contributed by atoms with E-state index in [1.54, 1.807) is 6.92 Å². The van der Waals surface area contributed by atoms with Crippen LogP contribution in [0.25, 0.3) is 0 Å². The SMILES string of the molecule is CCC(CC(O)(O)[CH]O)C(=O)O. The molecule has 0 aromatic heterocycles. The van der Waals surface area contributed by atoms with Crippen molar-refractivity contribution in [2.24, 2.45) is 5.92 Å². The molecule has 0 bridgehead atoms. The van der Waals surface area contributed by atoms with Gasteiger partial charge in [-0.15, -0.1) is 0 Å². The van der Waals surface area contributed by atoms with E-state index >= 15 is 0 Å². The third-order valence-electron chi connectivity index (χ3n) is 1.60. The summed E-state index contributed by atoms with van der Waals surface area (Å²) in [6, 6.07) is 0. The Labute approximate surface area is 70.3 Å². The maximum atomic E-state index is 10.4. The molecule has 0 fully saturated rings. The van der Waals surface area contributed by atoms with Gasteiger partial charge < -0.3 is 20.4 Å². The van der Waals surface area contributed by atoms with Crippen LogP contribution in [0.1, 0.15) is 19.8 Å². The number of carboxylic acid groups (broad SMARTS) is 1. The van der Waals surface area contributed by atoms with Crippen LogP contribution in [0.5, 0.6) is 0 Å². The summed E-state index contributed by atoms with van der Waals surface area (Å²) in [5.41, 5.74) is 0. The molecule has 0 aromatic carbocycles. The molecule has 1 unspecified atom stereocenters. The molecule has 0 aliphatic rings. The highest BCUT2D eigenvalue weighted by Gasteiger charge is 2.30. The van der Waals surface area contributed by atoms with Crippen LogP contribution in [-0.2, 0) is 4.79 Å². The zero-order valence-electron chi connectivity index (χ0n) is 6.77. The van der Waals surface area contributed by atoms with Crippen molar-refractivity contribution >= 4 is 5.97 Å². The van der Waals surface area contributed by atoms with Crippen molar-refractivity contribution in [3.05, 3.63) is 6.61 Å². The van der Waals surface area contributed by atoms with E-state index < -0.39 is 24.1 Å². The normalized spacial score (nSPS) is 14.3. The third-order valence-corrected chi connectivity index (χ3v) is 1.60. The van der Waals surface area contributed by atoms with Gasteiger partial charge in [0.2, 0.25) is 0 Å². The summed E-state index contributed by atoms with van der Waals surface area (Å²) in [6.45, 7) is 1.80. The number of hydrogen-bond donors (Lipinski definition) is 4. The van der Waals surface area contributed by atoms with Crippen LogP contribution >= 0.6 is 0 Å². The molecule has 0 aliphatic heterocycles. The van der Waals surface area contributed by atoms with Crippen molar-refractivity contribution in [3.63, 3.8) is 0 Å². The minimum absolute atomic E-state index is 0.179. The van der Waals surface area contributed by atoms with Gasteiger partial charge in [0.1, 0.15) is 6.61 Å². The summed E-state index contributed by atoms with van der Waals surface area (Å²) < 4.78 is 0. The summed E-state index contributed by atoms with van der Waals surface area (Å²) in [7, 11) is 0. The van der Waals surface area contributed by atoms with Crippen molar-refractivity contribution in [1.29, 1.82) is 0 Å². The molecule has 0 saturated heterocycles. The van der Waals surface area contributed by atoms with Crippen molar-refractivity contribution in [2.45, 2.75) is 25.6 Å². The fourth-order valence-electron chi connectivity index (χ4n) is 0.822. The fourth-order valence-corrected chi connectivity index (χ4v) is 0.822. The van der Waals surface area contributed by atoms with Crippen LogP contribution in [0.2, 0.25) is 0 Å². The first kappa shape index (κ1) is 11.4. The molecule has 0 heterocycles. The summed E-state index contributed by atoms with van der Waals surface area (Å²) in [5.74, 6) is -4.37. The van der Waals surface area contributed by atoms with Crippen molar-refractivity contribution in [1.82, 2.24) is 0 Å². The molecule has 0 amide bonds. The van der Waals surface area contributed by atoms with E-state index in [-0.39, 0.29) is 13.0 Å². The smallest absolute Gasteiger partial charge is 0.306 e. The Morgan fingerprint density at radius 3 is 2.33 bits per heavy atom. The molecule has 5 heteroatoms. The minimum Gasteiger partial charge on any atom is -0.481 e. The van der Waals surface area contributed by atoms with Gasteiger partial charge in [0, 0.05) is 6.42 Å². The molecule has 0 aliphatic carbocycles. The van der Waals surface area contributed by atoms with Gasteiger partial charge in [0.15, 0.2) is 5.79 Å². The highest BCUT2D eigenvalue weighted by Crippen LogP contribution is 2.18. The van der Waals surface area contributed by atoms with Gasteiger partial charge in [-0.05, 0) is 6.42 Å². The Morgan fingerprint density at radius 2 is 2.08 bits per heavy atom. The average Bonchev–Trinajstić information content (AvgIpc) is 2.00. The summed E-state index contributed by atoms with van der Waals surface area (Å²) in [5, 5.41) is 34.5. The molecule has 4 N–H and O–H groups in total. The van der Waals surface area contributed by atoms with Gasteiger partial charge in [-0.1, -0.05) is 6.92 Å². The maximum Gasteiger partial charge on any atom is 0.306 e. The highest BCUT2D eigenvalue weighted by atomic mass is 16.5. The lowest BCUT2D eigenvalue weighted by molar-refractivity contribution is -0.178. The summed E-state index contributed by atoms with van der Waals surface area (Å²) in [4.78, 5) is 10.4. The Kier molecular flexibility index (Phi) is 4.16. The van der Waals surface area contributed by atoms with Crippen molar-refractivity contribution in [2.75, 3.05) is 0 Å². The molecule has 0 saturated carbocycles. The van der Waals surface area contributed by atoms with E-state index in [4.69, 9.17) is 20.4 Å². The molecule has 0 aromatic rings. The molecule has 71 valence electrons. The van der Waals surface area contributed by atoms with Crippen molar-refractivity contribution in [3.8, 4) is 0 Å². The molecule has 5 nitrogen and oxygen atoms in total. The predicted molar refractivity (Wildman–Crippen MR) is 39.4 cm³/mol. The number of aliphatic hydroxyl groups is 3. The van der Waals surface area contributed by atoms with Gasteiger partial charge in [-0.25, -0.2) is 0 Å². The van der Waals surface area contributed by atoms with E-state index in [1.807, 2.05) is 0 Å². The number of carbonyl (C=O) groups is 1. The summed E-state index contributed by atoms with van der Waals surface area (Å²) in [6.07, 6.45) is -0.124. The van der Waals surface area contributed by atoms with Crippen molar-refractivity contribution < 1.29 is 25.2 Å². The summed E-state index contributed by atoms with van der Waals surface area (Å²) >= 11 is 0. The third kappa shape index (κ3) is 3.66. The number of aliphatic carboxylic acids is 1. The lowest BCUT2D eigenvalue weighted by Crippen LogP contribution is -2.33. The van der Waals surface area contributed by atoms with Gasteiger partial charge in [-0.2, -0.15) is 0 Å². The Hall–Kier alpha value is -0.650. The Balaban J connectivity index is 4.11. The second-order valence-electron chi connectivity index (χ2n) is 2.66. The lowest BCUT2D eigenvalue weighted by Gasteiger charge is -2.21. The van der Waals surface area contributed by atoms with Crippen LogP contribution in [0.4, 0.5) is 0 Å². The van der Waals surface area contributed by atoms with Crippen LogP contribution in [0.15, 0.2) is 0 Å². The van der Waals surface area contributed by atoms with Crippen LogP contribution < -0.4 is 0 Å². The molecule has 1 radical (unpaired) electrons. The second kappa shape index (κ2) is 4.39. The Bertz CT molecular complexity index is 154. The zero-order valence-corrected chi connectivity index (χ0v) is 6.77. The monoisotopic (exact) mass is 177 g/mol. The Morgan fingerprint density at radius 1 is 1.58 bits per heavy atom. The van der Waals surface area contributed by atoms with E-state index in [0.717, 1.165) is 0 Å². The topological polar surface area (TPSA) is 98.0 Å². The van der Waals surface area contributed by atoms with Gasteiger partial charge in [0.25, 0.3) is 0 Å². The standard InChI is InChI=1S/C7H13O5/c1-2-5(6(9)10)3-7(11,12)4-8/h4-5,8,11-12H,2-3H2,1H3,(H,9,10). The van der Waals surface area contributed by atoms with E-state index in [0.29, 0.717) is 0 Å². The van der Waals surface area contributed by atoms with E-state index in [1.165, 1.54) is 0 Å². The van der Waals surface area contributed by atoms with Gasteiger partial charge >= 0.3 is 5.97 Å². The van der Waals surface area contributed by atoms with Crippen LogP contribution in [0.3, 0.4) is 0 Å². The van der Waals surface area contributed by atoms with E-state index in [2.05, 4.69) is 0 Å². The fraction of sp³-hybridized carbons (Fsp3) is 0.714. The first-order chi connectivity index (χ1) is 5.43. The lowest BCUT2D eigenvalue weighted by atomic mass is 9.97. The molecular weight excluding hydrogens is 164 g/mol. The average molecular weight is 177 g/mol. The maximum absolute atomic E-state index is 10.4. The number of aliphatic hydroxyl groups excluding tert-OH is 1. The largest absolute Gasteiger partial charge is 0.481 e. The van der Waals surface area contributed by atoms with Gasteiger partial charge in [-0.3, -0.25) is 4.79 Å². The predicted octanol–water partition coefficient (Wildman–Crippen LogP) is -0.298. The number of hydrogen-bond acceptors (Lipinski definition) is 4. The molecular formula is C7H13O5. The molecule has 1 atom stereocenters. The van der Waals surface area contributed by atoms with E-state index in [9.17, 15) is 4.79 Å². The zero-order chi connectivity index (χ0) is 9.78. The quantitative estimate of drug-likeness (QED) is 0.432. The second-order valence-corrected chi connectivity index (χ2v) is 2.66. The van der Waals surface area contributed by atoms with Gasteiger partial charge in [0.05, 0.1) is 5.92 Å². The molecule has 0 spiro atoms. The first-order valence-corrected chi connectivity index (χ1v) is 3.59.